The highest BCUT2D eigenvalue weighted by atomic mass is 32.2. The number of hydrogen-bond donors (Lipinski definition) is 2. The number of nitrogens with one attached hydrogen (secondary N) is 2. The van der Waals surface area contributed by atoms with E-state index in [1.165, 1.54) is 12.1 Å². The molecule has 9 heteroatoms. The van der Waals surface area contributed by atoms with Gasteiger partial charge < -0.3 is 14.6 Å². The molecule has 0 radical (unpaired) electrons. The van der Waals surface area contributed by atoms with Gasteiger partial charge in [0.2, 0.25) is 0 Å². The van der Waals surface area contributed by atoms with E-state index < -0.39 is 15.8 Å². The van der Waals surface area contributed by atoms with Crippen LogP contribution in [0.25, 0.3) is 11.3 Å². The van der Waals surface area contributed by atoms with E-state index in [2.05, 4.69) is 33.8 Å². The standard InChI is InChI=1S/C22H25FN4O3S/c1-14-12-27(13-15(2)25-14)17-8-9-24-22(10-17)26-31(28,29)18-5-6-19(20(23)11-18)21-7-4-16(3)30-21/h4-11,14-15,25H,12-13H2,1-3H3,(H,24,26). The highest BCUT2D eigenvalue weighted by molar-refractivity contribution is 7.92. The second kappa shape index (κ2) is 8.32. The zero-order valence-electron chi connectivity index (χ0n) is 17.6. The molecule has 7 nitrogen and oxygen atoms in total. The lowest BCUT2D eigenvalue weighted by Gasteiger charge is -2.37. The Bertz CT molecular complexity index is 1180. The van der Waals surface area contributed by atoms with E-state index in [0.29, 0.717) is 23.6 Å². The number of nitrogens with zero attached hydrogens (tertiary/aromatic N) is 2. The highest BCUT2D eigenvalue weighted by Gasteiger charge is 2.23. The second-order valence-corrected chi connectivity index (χ2v) is 9.61. The number of hydrogen-bond acceptors (Lipinski definition) is 6. The highest BCUT2D eigenvalue weighted by Crippen LogP contribution is 2.28. The van der Waals surface area contributed by atoms with Gasteiger partial charge in [-0.3, -0.25) is 4.72 Å². The molecule has 2 aromatic heterocycles. The first-order chi connectivity index (χ1) is 14.7. The van der Waals surface area contributed by atoms with Crippen molar-refractivity contribution in [1.29, 1.82) is 0 Å². The van der Waals surface area contributed by atoms with Gasteiger partial charge in [-0.05, 0) is 57.2 Å². The molecule has 3 aromatic rings. The molecule has 1 saturated heterocycles. The van der Waals surface area contributed by atoms with Crippen molar-refractivity contribution >= 4 is 21.5 Å². The Labute approximate surface area is 181 Å². The van der Waals surface area contributed by atoms with E-state index >= 15 is 0 Å². The quantitative estimate of drug-likeness (QED) is 0.623. The van der Waals surface area contributed by atoms with Crippen LogP contribution in [0.3, 0.4) is 0 Å². The number of furan rings is 1. The summed E-state index contributed by atoms with van der Waals surface area (Å²) in [7, 11) is -4.01. The SMILES string of the molecule is Cc1ccc(-c2ccc(S(=O)(=O)Nc3cc(N4CC(C)NC(C)C4)ccn3)cc2F)o1. The number of benzene rings is 1. The lowest BCUT2D eigenvalue weighted by atomic mass is 10.1. The molecule has 0 saturated carbocycles. The van der Waals surface area contributed by atoms with E-state index in [1.54, 1.807) is 31.3 Å². The van der Waals surface area contributed by atoms with Crippen molar-refractivity contribution in [2.45, 2.75) is 37.8 Å². The van der Waals surface area contributed by atoms with Crippen LogP contribution in [0.2, 0.25) is 0 Å². The first kappa shape index (κ1) is 21.3. The third-order valence-electron chi connectivity index (χ3n) is 5.16. The topological polar surface area (TPSA) is 87.5 Å². The van der Waals surface area contributed by atoms with Gasteiger partial charge in [0, 0.05) is 43.1 Å². The Morgan fingerprint density at radius 1 is 1.13 bits per heavy atom. The Morgan fingerprint density at radius 3 is 2.52 bits per heavy atom. The van der Waals surface area contributed by atoms with Crippen LogP contribution in [-0.4, -0.2) is 38.6 Å². The monoisotopic (exact) mass is 444 g/mol. The number of aryl methyl sites for hydroxylation is 1. The number of piperazine rings is 1. The maximum atomic E-state index is 14.6. The molecular formula is C22H25FN4O3S. The van der Waals surface area contributed by atoms with Gasteiger partial charge in [0.05, 0.1) is 10.5 Å². The van der Waals surface area contributed by atoms with Crippen molar-refractivity contribution in [2.24, 2.45) is 0 Å². The smallest absolute Gasteiger partial charge is 0.263 e. The molecule has 4 rings (SSSR count). The third kappa shape index (κ3) is 4.72. The molecule has 1 aromatic carbocycles. The lowest BCUT2D eigenvalue weighted by Crippen LogP contribution is -2.54. The Kier molecular flexibility index (Phi) is 5.72. The normalized spacial score (nSPS) is 19.4. The van der Waals surface area contributed by atoms with Crippen molar-refractivity contribution < 1.29 is 17.2 Å². The van der Waals surface area contributed by atoms with Crippen LogP contribution in [0.15, 0.2) is 58.0 Å². The number of anilines is 2. The summed E-state index contributed by atoms with van der Waals surface area (Å²) in [5.74, 6) is 0.498. The van der Waals surface area contributed by atoms with Gasteiger partial charge in [-0.2, -0.15) is 0 Å². The second-order valence-electron chi connectivity index (χ2n) is 7.93. The fourth-order valence-electron chi connectivity index (χ4n) is 3.85. The zero-order valence-corrected chi connectivity index (χ0v) is 18.4. The van der Waals surface area contributed by atoms with Crippen molar-refractivity contribution in [3.63, 3.8) is 0 Å². The van der Waals surface area contributed by atoms with Gasteiger partial charge in [-0.25, -0.2) is 17.8 Å². The fourth-order valence-corrected chi connectivity index (χ4v) is 4.86. The summed E-state index contributed by atoms with van der Waals surface area (Å²) < 4.78 is 48.2. The number of sulfonamides is 1. The molecule has 1 aliphatic heterocycles. The minimum Gasteiger partial charge on any atom is -0.461 e. The van der Waals surface area contributed by atoms with E-state index in [0.717, 1.165) is 24.8 Å². The summed E-state index contributed by atoms with van der Waals surface area (Å²) in [6, 6.07) is 11.3. The fraction of sp³-hybridized carbons (Fsp3) is 0.318. The van der Waals surface area contributed by atoms with Gasteiger partial charge in [0.15, 0.2) is 0 Å². The van der Waals surface area contributed by atoms with Crippen molar-refractivity contribution in [2.75, 3.05) is 22.7 Å². The van der Waals surface area contributed by atoms with Crippen molar-refractivity contribution in [1.82, 2.24) is 10.3 Å². The van der Waals surface area contributed by atoms with E-state index in [-0.39, 0.29) is 16.3 Å². The maximum absolute atomic E-state index is 14.6. The first-order valence-corrected chi connectivity index (χ1v) is 11.6. The molecular weight excluding hydrogens is 419 g/mol. The largest absolute Gasteiger partial charge is 0.461 e. The van der Waals surface area contributed by atoms with Crippen LogP contribution in [0.1, 0.15) is 19.6 Å². The van der Waals surface area contributed by atoms with Crippen LogP contribution >= 0.6 is 0 Å². The maximum Gasteiger partial charge on any atom is 0.263 e. The number of rotatable bonds is 5. The molecule has 2 unspecified atom stereocenters. The van der Waals surface area contributed by atoms with Gasteiger partial charge in [-0.15, -0.1) is 0 Å². The molecule has 164 valence electrons. The molecule has 3 heterocycles. The summed E-state index contributed by atoms with van der Waals surface area (Å²) in [5, 5.41) is 3.47. The Morgan fingerprint density at radius 2 is 1.87 bits per heavy atom. The molecule has 0 amide bonds. The minimum absolute atomic E-state index is 0.183. The average molecular weight is 445 g/mol. The molecule has 0 spiro atoms. The van der Waals surface area contributed by atoms with Crippen LogP contribution in [0.5, 0.6) is 0 Å². The molecule has 31 heavy (non-hydrogen) atoms. The molecule has 2 atom stereocenters. The summed E-state index contributed by atoms with van der Waals surface area (Å²) in [5.41, 5.74) is 1.08. The molecule has 0 aliphatic carbocycles. The van der Waals surface area contributed by atoms with Crippen LogP contribution in [-0.2, 0) is 10.0 Å². The van der Waals surface area contributed by atoms with Crippen LogP contribution in [0, 0.1) is 12.7 Å². The summed E-state index contributed by atoms with van der Waals surface area (Å²) in [4.78, 5) is 6.13. The van der Waals surface area contributed by atoms with Crippen molar-refractivity contribution in [3.8, 4) is 11.3 Å². The predicted octanol–water partition coefficient (Wildman–Crippen LogP) is 3.78. The summed E-state index contributed by atoms with van der Waals surface area (Å²) >= 11 is 0. The number of aromatic nitrogens is 1. The summed E-state index contributed by atoms with van der Waals surface area (Å²) in [6.07, 6.45) is 1.56. The molecule has 1 fully saturated rings. The summed E-state index contributed by atoms with van der Waals surface area (Å²) in [6.45, 7) is 7.58. The number of halogens is 1. The van der Waals surface area contributed by atoms with Crippen LogP contribution in [0.4, 0.5) is 15.9 Å². The van der Waals surface area contributed by atoms with E-state index in [1.807, 2.05) is 6.07 Å². The Balaban J connectivity index is 1.56. The predicted molar refractivity (Wildman–Crippen MR) is 118 cm³/mol. The number of pyridine rings is 1. The molecule has 1 aliphatic rings. The Hall–Kier alpha value is -2.91. The lowest BCUT2D eigenvalue weighted by molar-refractivity contribution is 0.407. The van der Waals surface area contributed by atoms with Gasteiger partial charge in [0.1, 0.15) is 23.2 Å². The minimum atomic E-state index is -4.01. The van der Waals surface area contributed by atoms with E-state index in [4.69, 9.17) is 4.42 Å². The first-order valence-electron chi connectivity index (χ1n) is 10.1. The van der Waals surface area contributed by atoms with Gasteiger partial charge in [-0.1, -0.05) is 0 Å². The zero-order chi connectivity index (χ0) is 22.2. The van der Waals surface area contributed by atoms with Gasteiger partial charge >= 0.3 is 0 Å². The third-order valence-corrected chi connectivity index (χ3v) is 6.51. The van der Waals surface area contributed by atoms with E-state index in [9.17, 15) is 12.8 Å². The molecule has 2 N–H and O–H groups in total. The average Bonchev–Trinajstić information content (AvgIpc) is 3.13. The molecule has 0 bridgehead atoms. The van der Waals surface area contributed by atoms with Gasteiger partial charge in [0.25, 0.3) is 10.0 Å². The van der Waals surface area contributed by atoms with Crippen LogP contribution < -0.4 is 14.9 Å². The van der Waals surface area contributed by atoms with Crippen molar-refractivity contribution in [3.05, 3.63) is 60.2 Å².